The molecule has 0 aliphatic carbocycles. The van der Waals surface area contributed by atoms with Gasteiger partial charge in [-0.1, -0.05) is 30.3 Å². The fourth-order valence-electron chi connectivity index (χ4n) is 2.64. The van der Waals surface area contributed by atoms with E-state index in [0.717, 1.165) is 28.2 Å². The van der Waals surface area contributed by atoms with Crippen molar-refractivity contribution in [2.45, 2.75) is 26.4 Å². The predicted octanol–water partition coefficient (Wildman–Crippen LogP) is 3.33. The quantitative estimate of drug-likeness (QED) is 0.906. The van der Waals surface area contributed by atoms with Crippen LogP contribution >= 0.6 is 0 Å². The molecule has 0 spiro atoms. The number of hydrogen-bond acceptors (Lipinski definition) is 3. The Bertz CT molecular complexity index is 730. The molecular formula is C19H22N2O3. The molecule has 3 rings (SSSR count). The standard InChI is InChI=1S/C19H22N2O3/c1-13-5-3-4-6-16(13)12-20-19(22)21-14(2)15-7-8-17-18(11-15)24-10-9-23-17/h3-8,11,14H,9-10,12H2,1-2H3,(H2,20,21,22)/t14-/m1/s1. The minimum atomic E-state index is -0.194. The van der Waals surface area contributed by atoms with Gasteiger partial charge in [0.25, 0.3) is 0 Å². The summed E-state index contributed by atoms with van der Waals surface area (Å²) in [5, 5.41) is 5.84. The topological polar surface area (TPSA) is 59.6 Å². The summed E-state index contributed by atoms with van der Waals surface area (Å²) in [4.78, 5) is 12.1. The number of benzene rings is 2. The summed E-state index contributed by atoms with van der Waals surface area (Å²) in [7, 11) is 0. The average Bonchev–Trinajstić information content (AvgIpc) is 2.60. The number of nitrogens with one attached hydrogen (secondary N) is 2. The van der Waals surface area contributed by atoms with E-state index in [4.69, 9.17) is 9.47 Å². The molecule has 5 nitrogen and oxygen atoms in total. The molecule has 0 fully saturated rings. The zero-order chi connectivity index (χ0) is 16.9. The second kappa shape index (κ2) is 7.25. The molecule has 1 heterocycles. The Balaban J connectivity index is 1.57. The molecule has 1 atom stereocenters. The van der Waals surface area contributed by atoms with E-state index in [0.29, 0.717) is 19.8 Å². The van der Waals surface area contributed by atoms with Crippen LogP contribution in [-0.2, 0) is 6.54 Å². The molecule has 2 aromatic rings. The van der Waals surface area contributed by atoms with Gasteiger partial charge < -0.3 is 20.1 Å². The summed E-state index contributed by atoms with van der Waals surface area (Å²) in [6, 6.07) is 13.4. The number of carbonyl (C=O) groups is 1. The van der Waals surface area contributed by atoms with Crippen molar-refractivity contribution in [1.29, 1.82) is 0 Å². The smallest absolute Gasteiger partial charge is 0.315 e. The molecule has 1 aliphatic rings. The summed E-state index contributed by atoms with van der Waals surface area (Å²) in [5.41, 5.74) is 3.25. The molecule has 24 heavy (non-hydrogen) atoms. The first kappa shape index (κ1) is 16.2. The van der Waals surface area contributed by atoms with Crippen molar-refractivity contribution in [3.63, 3.8) is 0 Å². The van der Waals surface area contributed by atoms with Gasteiger partial charge in [-0.2, -0.15) is 0 Å². The lowest BCUT2D eigenvalue weighted by atomic mass is 10.1. The lowest BCUT2D eigenvalue weighted by molar-refractivity contribution is 0.171. The lowest BCUT2D eigenvalue weighted by Crippen LogP contribution is -2.36. The SMILES string of the molecule is Cc1ccccc1CNC(=O)N[C@H](C)c1ccc2c(c1)OCCO2. The van der Waals surface area contributed by atoms with Gasteiger partial charge in [0.2, 0.25) is 0 Å². The highest BCUT2D eigenvalue weighted by atomic mass is 16.6. The maximum Gasteiger partial charge on any atom is 0.315 e. The molecule has 5 heteroatoms. The molecule has 0 aromatic heterocycles. The van der Waals surface area contributed by atoms with Crippen molar-refractivity contribution in [2.75, 3.05) is 13.2 Å². The number of hydrogen-bond donors (Lipinski definition) is 2. The van der Waals surface area contributed by atoms with E-state index in [1.165, 1.54) is 0 Å². The van der Waals surface area contributed by atoms with Gasteiger partial charge in [0.1, 0.15) is 13.2 Å². The Morgan fingerprint density at radius 3 is 2.67 bits per heavy atom. The third-order valence-electron chi connectivity index (χ3n) is 4.11. The van der Waals surface area contributed by atoms with Crippen LogP contribution in [-0.4, -0.2) is 19.2 Å². The average molecular weight is 326 g/mol. The first-order valence-electron chi connectivity index (χ1n) is 8.12. The van der Waals surface area contributed by atoms with Crippen molar-refractivity contribution in [2.24, 2.45) is 0 Å². The molecule has 1 aliphatic heterocycles. The molecule has 0 unspecified atom stereocenters. The van der Waals surface area contributed by atoms with Gasteiger partial charge in [0.15, 0.2) is 11.5 Å². The maximum atomic E-state index is 12.1. The summed E-state index contributed by atoms with van der Waals surface area (Å²) < 4.78 is 11.1. The molecule has 0 bridgehead atoms. The highest BCUT2D eigenvalue weighted by Crippen LogP contribution is 2.32. The van der Waals surface area contributed by atoms with Crippen LogP contribution in [0.4, 0.5) is 4.79 Å². The van der Waals surface area contributed by atoms with Gasteiger partial charge >= 0.3 is 6.03 Å². The second-order valence-corrected chi connectivity index (χ2v) is 5.88. The number of aryl methyl sites for hydroxylation is 1. The van der Waals surface area contributed by atoms with Crippen LogP contribution in [0.25, 0.3) is 0 Å². The van der Waals surface area contributed by atoms with Crippen molar-refractivity contribution in [3.8, 4) is 11.5 Å². The van der Waals surface area contributed by atoms with Crippen molar-refractivity contribution >= 4 is 6.03 Å². The second-order valence-electron chi connectivity index (χ2n) is 5.88. The molecule has 0 radical (unpaired) electrons. The van der Waals surface area contributed by atoms with Gasteiger partial charge in [-0.15, -0.1) is 0 Å². The Kier molecular flexibility index (Phi) is 4.89. The number of ether oxygens (including phenoxy) is 2. The zero-order valence-electron chi connectivity index (χ0n) is 14.0. The van der Waals surface area contributed by atoms with E-state index in [1.807, 2.05) is 56.3 Å². The highest BCUT2D eigenvalue weighted by molar-refractivity contribution is 5.74. The molecule has 0 saturated carbocycles. The third-order valence-corrected chi connectivity index (χ3v) is 4.11. The Morgan fingerprint density at radius 1 is 1.12 bits per heavy atom. The van der Waals surface area contributed by atoms with E-state index in [1.54, 1.807) is 0 Å². The molecular weight excluding hydrogens is 304 g/mol. The van der Waals surface area contributed by atoms with Crippen molar-refractivity contribution in [3.05, 3.63) is 59.2 Å². The molecule has 2 aromatic carbocycles. The van der Waals surface area contributed by atoms with E-state index in [-0.39, 0.29) is 12.1 Å². The van der Waals surface area contributed by atoms with E-state index < -0.39 is 0 Å². The van der Waals surface area contributed by atoms with Crippen LogP contribution in [0.5, 0.6) is 11.5 Å². The van der Waals surface area contributed by atoms with Crippen LogP contribution in [0.2, 0.25) is 0 Å². The van der Waals surface area contributed by atoms with E-state index >= 15 is 0 Å². The van der Waals surface area contributed by atoms with Gasteiger partial charge in [-0.3, -0.25) is 0 Å². The van der Waals surface area contributed by atoms with E-state index in [9.17, 15) is 4.79 Å². The van der Waals surface area contributed by atoms with Crippen molar-refractivity contribution < 1.29 is 14.3 Å². The van der Waals surface area contributed by atoms with Crippen molar-refractivity contribution in [1.82, 2.24) is 10.6 Å². The molecule has 2 N–H and O–H groups in total. The minimum absolute atomic E-state index is 0.127. The minimum Gasteiger partial charge on any atom is -0.486 e. The number of rotatable bonds is 4. The first-order chi connectivity index (χ1) is 11.6. The fraction of sp³-hybridized carbons (Fsp3) is 0.316. The largest absolute Gasteiger partial charge is 0.486 e. The molecule has 0 saturated heterocycles. The Labute approximate surface area is 142 Å². The van der Waals surface area contributed by atoms with Gasteiger partial charge in [0.05, 0.1) is 6.04 Å². The lowest BCUT2D eigenvalue weighted by Gasteiger charge is -2.21. The first-order valence-corrected chi connectivity index (χ1v) is 8.12. The molecule has 126 valence electrons. The monoisotopic (exact) mass is 326 g/mol. The van der Waals surface area contributed by atoms with Crippen LogP contribution < -0.4 is 20.1 Å². The number of amides is 2. The van der Waals surface area contributed by atoms with Crippen LogP contribution in [0, 0.1) is 6.92 Å². The summed E-state index contributed by atoms with van der Waals surface area (Å²) in [5.74, 6) is 1.48. The van der Waals surface area contributed by atoms with Crippen LogP contribution in [0.15, 0.2) is 42.5 Å². The third kappa shape index (κ3) is 3.79. The van der Waals surface area contributed by atoms with Gasteiger partial charge in [-0.05, 0) is 42.7 Å². The summed E-state index contributed by atoms with van der Waals surface area (Å²) >= 11 is 0. The van der Waals surface area contributed by atoms with Gasteiger partial charge in [-0.25, -0.2) is 4.79 Å². The summed E-state index contributed by atoms with van der Waals surface area (Å²) in [6.45, 7) is 5.61. The fourth-order valence-corrected chi connectivity index (χ4v) is 2.64. The Hall–Kier alpha value is -2.69. The highest BCUT2D eigenvalue weighted by Gasteiger charge is 2.15. The van der Waals surface area contributed by atoms with Gasteiger partial charge in [0, 0.05) is 6.54 Å². The predicted molar refractivity (Wildman–Crippen MR) is 92.4 cm³/mol. The van der Waals surface area contributed by atoms with Crippen LogP contribution in [0.3, 0.4) is 0 Å². The normalized spacial score (nSPS) is 13.9. The maximum absolute atomic E-state index is 12.1. The van der Waals surface area contributed by atoms with E-state index in [2.05, 4.69) is 10.6 Å². The van der Waals surface area contributed by atoms with Crippen LogP contribution in [0.1, 0.15) is 29.7 Å². The zero-order valence-corrected chi connectivity index (χ0v) is 14.0. The number of carbonyl (C=O) groups excluding carboxylic acids is 1. The Morgan fingerprint density at radius 2 is 1.88 bits per heavy atom. The molecule has 2 amide bonds. The number of urea groups is 1. The number of fused-ring (bicyclic) bond motifs is 1. The summed E-state index contributed by atoms with van der Waals surface area (Å²) in [6.07, 6.45) is 0.